The van der Waals surface area contributed by atoms with Crippen LogP contribution in [0.4, 0.5) is 0 Å². The highest BCUT2D eigenvalue weighted by Gasteiger charge is 2.24. The van der Waals surface area contributed by atoms with Gasteiger partial charge in [0, 0.05) is 48.1 Å². The van der Waals surface area contributed by atoms with Crippen molar-refractivity contribution in [1.29, 1.82) is 0 Å². The lowest BCUT2D eigenvalue weighted by atomic mass is 9.95. The predicted molar refractivity (Wildman–Crippen MR) is 307 cm³/mol. The van der Waals surface area contributed by atoms with Gasteiger partial charge in [0.05, 0.1) is 32.8 Å². The summed E-state index contributed by atoms with van der Waals surface area (Å²) in [6.07, 6.45) is 1.52. The average Bonchev–Trinajstić information content (AvgIpc) is 4.10. The minimum absolute atomic E-state index is 0.676. The first-order chi connectivity index (χ1) is 35.6. The Kier molecular flexibility index (Phi) is 9.14. The summed E-state index contributed by atoms with van der Waals surface area (Å²) in [6, 6.07) is 79.4. The monoisotopic (exact) mass is 937 g/mol. The molecule has 338 valence electrons. The van der Waals surface area contributed by atoms with Gasteiger partial charge in [0.15, 0.2) is 5.84 Å². The maximum absolute atomic E-state index is 6.35. The van der Waals surface area contributed by atoms with Gasteiger partial charge in [-0.3, -0.25) is 0 Å². The van der Waals surface area contributed by atoms with Crippen molar-refractivity contribution in [3.05, 3.63) is 241 Å². The summed E-state index contributed by atoms with van der Waals surface area (Å²) >= 11 is 1.89. The molecule has 0 aliphatic carbocycles. The molecule has 0 radical (unpaired) electrons. The average molecular weight is 938 g/mol. The van der Waals surface area contributed by atoms with Gasteiger partial charge in [-0.05, 0) is 141 Å². The van der Waals surface area contributed by atoms with Gasteiger partial charge in [-0.25, -0.2) is 9.98 Å². The van der Waals surface area contributed by atoms with Crippen molar-refractivity contribution in [2.75, 3.05) is 0 Å². The van der Waals surface area contributed by atoms with E-state index in [9.17, 15) is 0 Å². The van der Waals surface area contributed by atoms with Gasteiger partial charge in [0.1, 0.15) is 11.2 Å². The van der Waals surface area contributed by atoms with Crippen LogP contribution in [0.2, 0.25) is 0 Å². The number of nitrogens with zero attached hydrogens (tertiary/aromatic N) is 3. The molecule has 0 amide bonds. The summed E-state index contributed by atoms with van der Waals surface area (Å²) in [4.78, 5) is 11.4. The zero-order valence-corrected chi connectivity index (χ0v) is 40.2. The van der Waals surface area contributed by atoms with E-state index in [2.05, 4.69) is 218 Å². The van der Waals surface area contributed by atoms with Crippen molar-refractivity contribution < 1.29 is 4.42 Å². The highest BCUT2D eigenvalue weighted by atomic mass is 32.1. The van der Waals surface area contributed by atoms with Crippen LogP contribution in [-0.2, 0) is 0 Å². The number of benzene rings is 11. The molecule has 0 bridgehead atoms. The van der Waals surface area contributed by atoms with Gasteiger partial charge in [0.2, 0.25) is 0 Å². The van der Waals surface area contributed by atoms with Crippen LogP contribution in [-0.4, -0.2) is 16.1 Å². The molecular weight excluding hydrogens is 895 g/mol. The van der Waals surface area contributed by atoms with E-state index < -0.39 is 0 Å². The van der Waals surface area contributed by atoms with Crippen molar-refractivity contribution in [1.82, 2.24) is 4.57 Å². The number of hydrogen-bond donors (Lipinski definition) is 0. The Morgan fingerprint density at radius 2 is 1.00 bits per heavy atom. The fourth-order valence-electron chi connectivity index (χ4n) is 11.4. The summed E-state index contributed by atoms with van der Waals surface area (Å²) in [5.74, 6) is 0.676. The van der Waals surface area contributed by atoms with Crippen molar-refractivity contribution in [3.63, 3.8) is 0 Å². The lowest BCUT2D eigenvalue weighted by molar-refractivity contribution is 0.669. The second kappa shape index (κ2) is 16.1. The number of para-hydroxylation sites is 1. The Balaban J connectivity index is 1.01. The molecule has 0 unspecified atom stereocenters. The molecule has 0 saturated heterocycles. The van der Waals surface area contributed by atoms with E-state index in [0.29, 0.717) is 5.84 Å². The summed E-state index contributed by atoms with van der Waals surface area (Å²) in [5.41, 5.74) is 13.9. The standard InChI is InChI=1S/C67H43N3OS/c1-40-23-30-57(68-67(49-28-31-62-55(35-49)52-21-11-12-22-61(52)71-62)69-65(40)44-26-24-42(25-27-44)41-13-3-2-4-14-41)50-36-56-64-51-20-10-9-15-43(51)29-32-63(64)72-66(56)60(39-50)70-58-37-47-18-7-5-16-45(47)33-53(58)54-34-46-17-6-8-19-48(46)38-59(54)70/h2-22,24-29,31-39H,23,30H2,1H3/b65-40-,68-57?,69-67?. The van der Waals surface area contributed by atoms with Crippen LogP contribution in [0, 0.1) is 0 Å². The maximum atomic E-state index is 6.35. The van der Waals surface area contributed by atoms with Gasteiger partial charge in [-0.15, -0.1) is 11.3 Å². The molecule has 11 aromatic carbocycles. The van der Waals surface area contributed by atoms with Gasteiger partial charge >= 0.3 is 0 Å². The number of allylic oxidation sites excluding steroid dienone is 1. The van der Waals surface area contributed by atoms with E-state index >= 15 is 0 Å². The van der Waals surface area contributed by atoms with E-state index in [4.69, 9.17) is 14.4 Å². The molecule has 3 aromatic heterocycles. The lowest BCUT2D eigenvalue weighted by Crippen LogP contribution is -2.11. The van der Waals surface area contributed by atoms with Crippen molar-refractivity contribution in [2.24, 2.45) is 9.98 Å². The van der Waals surface area contributed by atoms with Gasteiger partial charge in [0.25, 0.3) is 0 Å². The number of aromatic nitrogens is 1. The first kappa shape index (κ1) is 40.9. The summed E-state index contributed by atoms with van der Waals surface area (Å²) in [7, 11) is 0. The fourth-order valence-corrected chi connectivity index (χ4v) is 12.6. The molecule has 0 spiro atoms. The zero-order valence-electron chi connectivity index (χ0n) is 39.4. The molecule has 1 aliphatic heterocycles. The third kappa shape index (κ3) is 6.51. The molecule has 0 fully saturated rings. The Hall–Kier alpha value is -8.90. The van der Waals surface area contributed by atoms with E-state index in [1.807, 2.05) is 23.5 Å². The molecule has 15 rings (SSSR count). The molecule has 14 aromatic rings. The van der Waals surface area contributed by atoms with Crippen molar-refractivity contribution >= 4 is 125 Å². The van der Waals surface area contributed by atoms with Crippen LogP contribution in [0.5, 0.6) is 0 Å². The smallest absolute Gasteiger partial charge is 0.160 e. The minimum atomic E-state index is 0.676. The second-order valence-corrected chi connectivity index (χ2v) is 20.3. The van der Waals surface area contributed by atoms with Crippen LogP contribution in [0.1, 0.15) is 36.5 Å². The second-order valence-electron chi connectivity index (χ2n) is 19.3. The van der Waals surface area contributed by atoms with E-state index in [-0.39, 0.29) is 0 Å². The van der Waals surface area contributed by atoms with Crippen LogP contribution < -0.4 is 0 Å². The molecule has 0 atom stereocenters. The Morgan fingerprint density at radius 1 is 0.417 bits per heavy atom. The van der Waals surface area contributed by atoms with Crippen LogP contribution >= 0.6 is 11.3 Å². The molecule has 5 heteroatoms. The Bertz CT molecular complexity index is 4590. The van der Waals surface area contributed by atoms with E-state index in [0.717, 1.165) is 68.6 Å². The topological polar surface area (TPSA) is 42.8 Å². The third-order valence-electron chi connectivity index (χ3n) is 15.0. The highest BCUT2D eigenvalue weighted by Crippen LogP contribution is 2.46. The van der Waals surface area contributed by atoms with Crippen molar-refractivity contribution in [2.45, 2.75) is 19.8 Å². The highest BCUT2D eigenvalue weighted by molar-refractivity contribution is 7.26. The van der Waals surface area contributed by atoms with Gasteiger partial charge in [-0.2, -0.15) is 0 Å². The number of hydrogen-bond acceptors (Lipinski definition) is 4. The lowest BCUT2D eigenvalue weighted by Gasteiger charge is -2.18. The summed E-state index contributed by atoms with van der Waals surface area (Å²) < 4.78 is 11.4. The molecule has 4 nitrogen and oxygen atoms in total. The van der Waals surface area contributed by atoms with Crippen LogP contribution in [0.15, 0.2) is 238 Å². The van der Waals surface area contributed by atoms with E-state index in [1.165, 1.54) is 91.0 Å². The zero-order chi connectivity index (χ0) is 47.4. The number of thiophene rings is 1. The molecule has 72 heavy (non-hydrogen) atoms. The predicted octanol–water partition coefficient (Wildman–Crippen LogP) is 18.6. The SMILES string of the molecule is C/C1=C(\c2ccc(-c3ccccc3)cc2)N=C(c2ccc3oc4ccccc4c3c2)N=C(c2cc(-n3c4cc5ccccc5cc4c4cc5ccccc5cc43)c3sc4ccc5ccccc5c4c3c2)CC1. The van der Waals surface area contributed by atoms with Gasteiger partial charge < -0.3 is 8.98 Å². The summed E-state index contributed by atoms with van der Waals surface area (Å²) in [6.45, 7) is 2.25. The molecular formula is C67H43N3OS. The normalized spacial score (nSPS) is 14.6. The van der Waals surface area contributed by atoms with Crippen LogP contribution in [0.3, 0.4) is 0 Å². The Labute approximate surface area is 418 Å². The van der Waals surface area contributed by atoms with Crippen molar-refractivity contribution in [3.8, 4) is 16.8 Å². The maximum Gasteiger partial charge on any atom is 0.160 e. The fraction of sp³-hybridized carbons (Fsp3) is 0.0448. The number of furan rings is 1. The number of amidine groups is 1. The minimum Gasteiger partial charge on any atom is -0.456 e. The molecule has 4 heterocycles. The molecule has 1 aliphatic rings. The number of rotatable bonds is 5. The number of aliphatic imine (C=N–C) groups is 2. The quantitative estimate of drug-likeness (QED) is 0.170. The molecule has 0 N–H and O–H groups in total. The van der Waals surface area contributed by atoms with Crippen LogP contribution in [0.25, 0.3) is 119 Å². The Morgan fingerprint density at radius 3 is 1.74 bits per heavy atom. The first-order valence-corrected chi connectivity index (χ1v) is 25.6. The largest absolute Gasteiger partial charge is 0.456 e. The third-order valence-corrected chi connectivity index (χ3v) is 16.2. The van der Waals surface area contributed by atoms with E-state index in [1.54, 1.807) is 0 Å². The van der Waals surface area contributed by atoms with Gasteiger partial charge in [-0.1, -0.05) is 152 Å². The first-order valence-electron chi connectivity index (χ1n) is 24.7. The summed E-state index contributed by atoms with van der Waals surface area (Å²) in [5, 5.41) is 14.5. The number of fused-ring (bicyclic) bond motifs is 13. The molecule has 0 saturated carbocycles.